The van der Waals surface area contributed by atoms with E-state index in [1.165, 1.54) is 6.92 Å². The Morgan fingerprint density at radius 2 is 2.00 bits per heavy atom. The van der Waals surface area contributed by atoms with Crippen molar-refractivity contribution in [1.82, 2.24) is 5.32 Å². The molecule has 1 aliphatic heterocycles. The minimum Gasteiger partial charge on any atom is -0.445 e. The molecule has 6 nitrogen and oxygen atoms in total. The van der Waals surface area contributed by atoms with Gasteiger partial charge < -0.3 is 25.0 Å². The maximum atomic E-state index is 11.4. The van der Waals surface area contributed by atoms with Gasteiger partial charge in [0.05, 0.1) is 12.2 Å². The molecule has 0 aromatic heterocycles. The van der Waals surface area contributed by atoms with E-state index in [0.29, 0.717) is 13.2 Å². The molecule has 0 spiro atoms. The zero-order valence-corrected chi connectivity index (χ0v) is 14.0. The summed E-state index contributed by atoms with van der Waals surface area (Å²) in [5, 5.41) is 20.3. The van der Waals surface area contributed by atoms with Crippen LogP contribution in [0.15, 0.2) is 0 Å². The Bertz CT molecular complexity index is 326. The molecule has 4 N–H and O–H groups in total. The van der Waals surface area contributed by atoms with Gasteiger partial charge in [-0.15, -0.1) is 0 Å². The van der Waals surface area contributed by atoms with Crippen LogP contribution in [0.4, 0.5) is 0 Å². The second-order valence-corrected chi connectivity index (χ2v) is 6.06. The Hall–Kier alpha value is -0.690. The maximum Gasteiger partial charge on any atom is 0.217 e. The molecule has 0 aliphatic carbocycles. The largest absolute Gasteiger partial charge is 0.445 e. The average molecular weight is 318 g/mol. The molecule has 130 valence electrons. The second-order valence-electron chi connectivity index (χ2n) is 6.06. The van der Waals surface area contributed by atoms with Crippen molar-refractivity contribution in [3.63, 3.8) is 0 Å². The predicted octanol–water partition coefficient (Wildman–Crippen LogP) is 0.925. The maximum absolute atomic E-state index is 11.4. The normalized spacial score (nSPS) is 32.0. The highest BCUT2D eigenvalue weighted by atomic mass is 16.7. The monoisotopic (exact) mass is 318 g/mol. The minimum atomic E-state index is -0.670. The molecule has 1 rings (SSSR count). The zero-order valence-electron chi connectivity index (χ0n) is 14.0. The van der Waals surface area contributed by atoms with E-state index in [-0.39, 0.29) is 17.9 Å². The number of carbonyl (C=O) groups is 1. The van der Waals surface area contributed by atoms with Gasteiger partial charge in [0, 0.05) is 25.9 Å². The van der Waals surface area contributed by atoms with Crippen molar-refractivity contribution in [1.29, 1.82) is 0 Å². The highest BCUT2D eigenvalue weighted by Gasteiger charge is 2.43. The smallest absolute Gasteiger partial charge is 0.217 e. The average Bonchev–Trinajstić information content (AvgIpc) is 2.49. The van der Waals surface area contributed by atoms with E-state index in [2.05, 4.69) is 5.32 Å². The number of aliphatic hydroxyl groups excluding tert-OH is 1. The Balaban J connectivity index is 2.52. The Labute approximate surface area is 133 Å². The summed E-state index contributed by atoms with van der Waals surface area (Å²) in [4.78, 5) is 11.4. The lowest BCUT2D eigenvalue weighted by Gasteiger charge is -2.43. The third-order valence-electron chi connectivity index (χ3n) is 4.22. The third-order valence-corrected chi connectivity index (χ3v) is 4.22. The summed E-state index contributed by atoms with van der Waals surface area (Å²) in [5.41, 5.74) is 0. The summed E-state index contributed by atoms with van der Waals surface area (Å²) in [6, 6.07) is -0.524. The molecule has 0 radical (unpaired) electrons. The van der Waals surface area contributed by atoms with E-state index < -0.39 is 18.4 Å². The molecule has 6 heteroatoms. The topological polar surface area (TPSA) is 90.7 Å². The van der Waals surface area contributed by atoms with Gasteiger partial charge >= 0.3 is 0 Å². The van der Waals surface area contributed by atoms with Crippen LogP contribution in [0, 0.1) is 5.92 Å². The first-order chi connectivity index (χ1) is 10.5. The summed E-state index contributed by atoms with van der Waals surface area (Å²) in [6.07, 6.45) is 3.34. The lowest BCUT2D eigenvalue weighted by Crippen LogP contribution is -2.61. The van der Waals surface area contributed by atoms with Crippen molar-refractivity contribution >= 4 is 5.91 Å². The summed E-state index contributed by atoms with van der Waals surface area (Å²) >= 11 is 0. The molecule has 0 aromatic rings. The first-order valence-electron chi connectivity index (χ1n) is 8.38. The predicted molar refractivity (Wildman–Crippen MR) is 84.6 cm³/mol. The van der Waals surface area contributed by atoms with Crippen molar-refractivity contribution in [2.24, 2.45) is 5.92 Å². The summed E-state index contributed by atoms with van der Waals surface area (Å²) in [7, 11) is 0. The molecule has 1 fully saturated rings. The van der Waals surface area contributed by atoms with Crippen LogP contribution in [0.3, 0.4) is 0 Å². The van der Waals surface area contributed by atoms with Crippen LogP contribution in [0.5, 0.6) is 0 Å². The number of amides is 1. The first kappa shape index (κ1) is 19.4. The van der Waals surface area contributed by atoms with Gasteiger partial charge in [-0.1, -0.05) is 20.3 Å². The minimum absolute atomic E-state index is 0.0428. The molecule has 0 bridgehead atoms. The highest BCUT2D eigenvalue weighted by molar-refractivity contribution is 5.73. The van der Waals surface area contributed by atoms with Gasteiger partial charge in [-0.25, -0.2) is 0 Å². The number of ether oxygens (including phenoxy) is 2. The van der Waals surface area contributed by atoms with Gasteiger partial charge in [-0.2, -0.15) is 0 Å². The summed E-state index contributed by atoms with van der Waals surface area (Å²) in [5.74, 6) is -0.238. The van der Waals surface area contributed by atoms with Crippen molar-refractivity contribution < 1.29 is 24.5 Å². The van der Waals surface area contributed by atoms with Gasteiger partial charge in [0.1, 0.15) is 12.6 Å². The lowest BCUT2D eigenvalue weighted by atomic mass is 9.88. The Morgan fingerprint density at radius 3 is 2.59 bits per heavy atom. The zero-order chi connectivity index (χ0) is 16.5. The molecular weight excluding hydrogens is 286 g/mol. The van der Waals surface area contributed by atoms with E-state index in [1.54, 1.807) is 0 Å². The van der Waals surface area contributed by atoms with Gasteiger partial charge in [0.25, 0.3) is 0 Å². The van der Waals surface area contributed by atoms with Crippen LogP contribution in [0.25, 0.3) is 0 Å². The van der Waals surface area contributed by atoms with E-state index in [4.69, 9.17) is 14.6 Å². The molecule has 1 aliphatic rings. The second kappa shape index (κ2) is 10.2. The number of aliphatic hydroxyl groups is 1. The molecule has 1 amide bonds. The standard InChI is InChI=1S/C16H31NO5/c1-4-13-11(2)15(20)14(17-12(3)19)16(22-13)21-10-8-6-5-7-9-18/h11,13-16,18,20H,4-10H2,1-3H3,(H,17,19)/p+1/t11?,13?,14-,15?,16?/m0/s1. The molecule has 1 saturated heterocycles. The quantitative estimate of drug-likeness (QED) is 0.489. The molecule has 0 aromatic carbocycles. The van der Waals surface area contributed by atoms with Gasteiger partial charge in [0.2, 0.25) is 5.91 Å². The molecular formula is C16H32NO5+. The highest BCUT2D eigenvalue weighted by Crippen LogP contribution is 2.28. The summed E-state index contributed by atoms with van der Waals surface area (Å²) in [6.45, 7) is 6.40. The number of carbonyl (C=O) groups excluding carboxylic acids is 1. The molecule has 1 heterocycles. The van der Waals surface area contributed by atoms with Crippen LogP contribution in [-0.4, -0.2) is 53.9 Å². The molecule has 5 atom stereocenters. The number of hydrogen-bond acceptors (Lipinski definition) is 4. The van der Waals surface area contributed by atoms with Crippen molar-refractivity contribution in [2.45, 2.75) is 77.4 Å². The number of rotatable bonds is 9. The third kappa shape index (κ3) is 5.83. The van der Waals surface area contributed by atoms with Crippen molar-refractivity contribution in [3.8, 4) is 0 Å². The molecule has 0 saturated carbocycles. The van der Waals surface area contributed by atoms with E-state index in [9.17, 15) is 9.90 Å². The van der Waals surface area contributed by atoms with Crippen LogP contribution in [-0.2, 0) is 14.3 Å². The fraction of sp³-hybridized carbons (Fsp3) is 0.938. The Kier molecular flexibility index (Phi) is 8.93. The number of hydrogen-bond donors (Lipinski definition) is 2. The van der Waals surface area contributed by atoms with Crippen LogP contribution >= 0.6 is 0 Å². The summed E-state index contributed by atoms with van der Waals surface area (Å²) < 4.78 is 11.7. The SMILES string of the molecule is CCC1OC(OCCCCCC[OH2+])[C@@H](NC(C)=O)C(O)C1C. The van der Waals surface area contributed by atoms with E-state index in [0.717, 1.165) is 32.1 Å². The first-order valence-corrected chi connectivity index (χ1v) is 8.38. The van der Waals surface area contributed by atoms with Gasteiger partial charge in [-0.05, 0) is 19.3 Å². The number of nitrogens with one attached hydrogen (secondary N) is 1. The van der Waals surface area contributed by atoms with Gasteiger partial charge in [-0.3, -0.25) is 4.79 Å². The van der Waals surface area contributed by atoms with Crippen LogP contribution in [0.1, 0.15) is 52.9 Å². The fourth-order valence-electron chi connectivity index (χ4n) is 2.87. The Morgan fingerprint density at radius 1 is 1.32 bits per heavy atom. The number of unbranched alkanes of at least 4 members (excludes halogenated alkanes) is 3. The lowest BCUT2D eigenvalue weighted by molar-refractivity contribution is -0.249. The fourth-order valence-corrected chi connectivity index (χ4v) is 2.87. The van der Waals surface area contributed by atoms with Crippen LogP contribution < -0.4 is 5.32 Å². The van der Waals surface area contributed by atoms with Crippen molar-refractivity contribution in [3.05, 3.63) is 0 Å². The molecule has 22 heavy (non-hydrogen) atoms. The molecule has 4 unspecified atom stereocenters. The van der Waals surface area contributed by atoms with E-state index in [1.807, 2.05) is 13.8 Å². The van der Waals surface area contributed by atoms with Crippen LogP contribution in [0.2, 0.25) is 0 Å². The van der Waals surface area contributed by atoms with E-state index >= 15 is 0 Å². The van der Waals surface area contributed by atoms with Crippen molar-refractivity contribution in [2.75, 3.05) is 13.2 Å². The van der Waals surface area contributed by atoms with Gasteiger partial charge in [0.15, 0.2) is 6.29 Å².